The van der Waals surface area contributed by atoms with Gasteiger partial charge in [-0.2, -0.15) is 0 Å². The van der Waals surface area contributed by atoms with Gasteiger partial charge in [0.25, 0.3) is 5.91 Å². The topological polar surface area (TPSA) is 92.4 Å². The summed E-state index contributed by atoms with van der Waals surface area (Å²) in [7, 11) is 1.57. The van der Waals surface area contributed by atoms with E-state index in [1.54, 1.807) is 25.3 Å². The van der Waals surface area contributed by atoms with Crippen molar-refractivity contribution in [3.05, 3.63) is 49.1 Å². The fourth-order valence-electron chi connectivity index (χ4n) is 2.07. The summed E-state index contributed by atoms with van der Waals surface area (Å²) < 4.78 is 0. The Bertz CT molecular complexity index is 681. The molecule has 1 fully saturated rings. The number of aromatic nitrogens is 2. The minimum atomic E-state index is -0.363. The molecule has 1 aliphatic heterocycles. The molecule has 1 saturated heterocycles. The average molecular weight is 299 g/mol. The molecule has 1 aliphatic rings. The first kappa shape index (κ1) is 15.4. The van der Waals surface area contributed by atoms with Gasteiger partial charge in [0.1, 0.15) is 12.4 Å². The molecule has 2 N–H and O–H groups in total. The zero-order chi connectivity index (χ0) is 16.3. The molecule has 3 amide bonds. The maximum Gasteiger partial charge on any atom is 0.327 e. The minimum Gasteiger partial charge on any atom is -0.396 e. The molecule has 22 heavy (non-hydrogen) atoms. The number of carbonyl (C=O) groups excluding carboxylic acids is 2. The number of nitrogen functional groups attached to an aromatic ring is 1. The Labute approximate surface area is 128 Å². The van der Waals surface area contributed by atoms with Gasteiger partial charge in [-0.15, -0.1) is 0 Å². The van der Waals surface area contributed by atoms with E-state index >= 15 is 0 Å². The number of allylic oxidation sites excluding steroid dienone is 4. The van der Waals surface area contributed by atoms with Crippen LogP contribution in [0.3, 0.4) is 0 Å². The number of urea groups is 1. The van der Waals surface area contributed by atoms with Gasteiger partial charge in [-0.25, -0.2) is 14.8 Å². The van der Waals surface area contributed by atoms with Crippen molar-refractivity contribution in [1.29, 1.82) is 0 Å². The Balaban J connectivity index is 2.32. The van der Waals surface area contributed by atoms with Gasteiger partial charge in [-0.05, 0) is 0 Å². The monoisotopic (exact) mass is 299 g/mol. The number of hydrogen-bond acceptors (Lipinski definition) is 5. The highest BCUT2D eigenvalue weighted by molar-refractivity contribution is 6.01. The van der Waals surface area contributed by atoms with Crippen LogP contribution in [0.4, 0.5) is 10.5 Å². The van der Waals surface area contributed by atoms with E-state index in [2.05, 4.69) is 23.1 Å². The van der Waals surface area contributed by atoms with Crippen molar-refractivity contribution < 1.29 is 9.59 Å². The number of carbonyl (C=O) groups is 2. The molecular formula is C15H17N5O2. The Kier molecular flexibility index (Phi) is 4.36. The van der Waals surface area contributed by atoms with E-state index in [0.29, 0.717) is 22.8 Å². The third kappa shape index (κ3) is 2.88. The molecule has 7 heteroatoms. The van der Waals surface area contributed by atoms with Crippen molar-refractivity contribution in [2.45, 2.75) is 6.54 Å². The highest BCUT2D eigenvalue weighted by Crippen LogP contribution is 2.20. The molecule has 0 atom stereocenters. The molecule has 114 valence electrons. The maximum atomic E-state index is 11.9. The second-order valence-corrected chi connectivity index (χ2v) is 4.77. The Hall–Kier alpha value is -2.96. The molecule has 0 unspecified atom stereocenters. The van der Waals surface area contributed by atoms with E-state index in [0.717, 1.165) is 4.90 Å². The Morgan fingerprint density at radius 3 is 2.73 bits per heavy atom. The van der Waals surface area contributed by atoms with Crippen molar-refractivity contribution in [2.24, 2.45) is 0 Å². The average Bonchev–Trinajstić information content (AvgIpc) is 2.73. The number of anilines is 1. The predicted molar refractivity (Wildman–Crippen MR) is 83.4 cm³/mol. The van der Waals surface area contributed by atoms with Crippen molar-refractivity contribution in [3.63, 3.8) is 0 Å². The van der Waals surface area contributed by atoms with E-state index in [-0.39, 0.29) is 25.0 Å². The molecule has 7 nitrogen and oxygen atoms in total. The normalized spacial score (nSPS) is 15.4. The van der Waals surface area contributed by atoms with Gasteiger partial charge in [-0.1, -0.05) is 31.4 Å². The zero-order valence-corrected chi connectivity index (χ0v) is 12.3. The van der Waals surface area contributed by atoms with Gasteiger partial charge in [0, 0.05) is 12.6 Å². The molecule has 2 rings (SSSR count). The first-order valence-corrected chi connectivity index (χ1v) is 6.60. The van der Waals surface area contributed by atoms with Crippen LogP contribution in [0.1, 0.15) is 11.5 Å². The largest absolute Gasteiger partial charge is 0.396 e. The number of hydrogen-bond donors (Lipinski definition) is 1. The van der Waals surface area contributed by atoms with E-state index in [4.69, 9.17) is 5.73 Å². The van der Waals surface area contributed by atoms with Gasteiger partial charge in [0.05, 0.1) is 24.1 Å². The van der Waals surface area contributed by atoms with Gasteiger partial charge < -0.3 is 10.6 Å². The summed E-state index contributed by atoms with van der Waals surface area (Å²) in [5.41, 5.74) is 7.44. The number of rotatable bonds is 5. The first-order valence-electron chi connectivity index (χ1n) is 6.60. The molecule has 0 bridgehead atoms. The highest BCUT2D eigenvalue weighted by Gasteiger charge is 2.34. The van der Waals surface area contributed by atoms with Crippen LogP contribution in [0.15, 0.2) is 37.6 Å². The molecule has 0 radical (unpaired) electrons. The molecule has 2 heterocycles. The van der Waals surface area contributed by atoms with Crippen LogP contribution in [0.2, 0.25) is 0 Å². The van der Waals surface area contributed by atoms with Gasteiger partial charge >= 0.3 is 6.03 Å². The maximum absolute atomic E-state index is 11.9. The lowest BCUT2D eigenvalue weighted by molar-refractivity contribution is -0.125. The van der Waals surface area contributed by atoms with E-state index in [9.17, 15) is 9.59 Å². The summed E-state index contributed by atoms with van der Waals surface area (Å²) in [6, 6.07) is -0.363. The number of imide groups is 1. The predicted octanol–water partition coefficient (Wildman–Crippen LogP) is 1.21. The summed E-state index contributed by atoms with van der Waals surface area (Å²) in [5, 5.41) is 0. The van der Waals surface area contributed by atoms with Crippen LogP contribution in [-0.4, -0.2) is 45.3 Å². The molecule has 0 spiro atoms. The minimum absolute atomic E-state index is 0.00774. The molecule has 0 saturated carbocycles. The third-order valence-corrected chi connectivity index (χ3v) is 3.19. The number of amides is 3. The molecular weight excluding hydrogens is 282 g/mol. The molecule has 0 aromatic carbocycles. The fourth-order valence-corrected chi connectivity index (χ4v) is 2.07. The summed E-state index contributed by atoms with van der Waals surface area (Å²) in [6.45, 7) is 7.40. The van der Waals surface area contributed by atoms with Crippen molar-refractivity contribution in [2.75, 3.05) is 19.3 Å². The number of nitrogens with two attached hydrogens (primary N) is 1. The molecule has 1 aromatic rings. The SMILES string of the molecule is C=C/C=C(\C=C)c1nc(CN2C(=O)CN(C)C2=O)ncc1N. The Morgan fingerprint density at radius 2 is 2.18 bits per heavy atom. The van der Waals surface area contributed by atoms with Crippen LogP contribution in [-0.2, 0) is 11.3 Å². The van der Waals surface area contributed by atoms with Crippen LogP contribution >= 0.6 is 0 Å². The lowest BCUT2D eigenvalue weighted by atomic mass is 10.1. The van der Waals surface area contributed by atoms with Crippen molar-refractivity contribution in [3.8, 4) is 0 Å². The summed E-state index contributed by atoms with van der Waals surface area (Å²) in [5.74, 6) is 0.0538. The highest BCUT2D eigenvalue weighted by atomic mass is 16.2. The standard InChI is InChI=1S/C15H17N5O2/c1-4-6-10(5-2)14-11(16)7-17-12(18-14)8-20-13(21)9-19(3)15(20)22/h4-7H,1-2,8-9,16H2,3H3/b10-6+. The third-order valence-electron chi connectivity index (χ3n) is 3.19. The quantitative estimate of drug-likeness (QED) is 0.651. The van der Waals surface area contributed by atoms with E-state index in [1.165, 1.54) is 11.1 Å². The van der Waals surface area contributed by atoms with Crippen LogP contribution in [0.25, 0.3) is 5.57 Å². The molecule has 0 aliphatic carbocycles. The summed E-state index contributed by atoms with van der Waals surface area (Å²) in [4.78, 5) is 34.5. The Morgan fingerprint density at radius 1 is 1.45 bits per heavy atom. The van der Waals surface area contributed by atoms with E-state index < -0.39 is 0 Å². The lowest BCUT2D eigenvalue weighted by Crippen LogP contribution is -2.31. The number of likely N-dealkylation sites (N-methyl/N-ethyl adjacent to an activating group) is 1. The lowest BCUT2D eigenvalue weighted by Gasteiger charge is -2.14. The van der Waals surface area contributed by atoms with Crippen molar-refractivity contribution in [1.82, 2.24) is 19.8 Å². The van der Waals surface area contributed by atoms with Gasteiger partial charge in [-0.3, -0.25) is 9.69 Å². The van der Waals surface area contributed by atoms with Gasteiger partial charge in [0.2, 0.25) is 0 Å². The molecule has 1 aromatic heterocycles. The fraction of sp³-hybridized carbons (Fsp3) is 0.200. The number of nitrogens with zero attached hydrogens (tertiary/aromatic N) is 4. The summed E-state index contributed by atoms with van der Waals surface area (Å²) >= 11 is 0. The van der Waals surface area contributed by atoms with Crippen LogP contribution < -0.4 is 5.73 Å². The first-order chi connectivity index (χ1) is 10.5. The smallest absolute Gasteiger partial charge is 0.327 e. The van der Waals surface area contributed by atoms with Crippen LogP contribution in [0.5, 0.6) is 0 Å². The van der Waals surface area contributed by atoms with Crippen molar-refractivity contribution >= 4 is 23.2 Å². The van der Waals surface area contributed by atoms with Gasteiger partial charge in [0.15, 0.2) is 0 Å². The second-order valence-electron chi connectivity index (χ2n) is 4.77. The summed E-state index contributed by atoms with van der Waals surface area (Å²) in [6.07, 6.45) is 6.37. The second kappa shape index (κ2) is 6.21. The van der Waals surface area contributed by atoms with E-state index in [1.807, 2.05) is 0 Å². The zero-order valence-electron chi connectivity index (χ0n) is 12.3. The van der Waals surface area contributed by atoms with Crippen LogP contribution in [0, 0.1) is 0 Å².